The highest BCUT2D eigenvalue weighted by Gasteiger charge is 2.22. The molecule has 0 aliphatic carbocycles. The molecule has 0 amide bonds. The Morgan fingerprint density at radius 1 is 1.29 bits per heavy atom. The van der Waals surface area contributed by atoms with E-state index in [1.807, 2.05) is 31.2 Å². The number of benzene rings is 1. The van der Waals surface area contributed by atoms with Gasteiger partial charge in [0.15, 0.2) is 5.65 Å². The smallest absolute Gasteiger partial charge is 0.341 e. The summed E-state index contributed by atoms with van der Waals surface area (Å²) in [5.74, 6) is -0.464. The van der Waals surface area contributed by atoms with Crippen LogP contribution in [0, 0.1) is 25.2 Å². The molecule has 6 heteroatoms. The Morgan fingerprint density at radius 2 is 2.00 bits per heavy atom. The Bertz CT molecular complexity index is 965. The van der Waals surface area contributed by atoms with Crippen LogP contribution in [0.5, 0.6) is 0 Å². The normalized spacial score (nSPS) is 10.6. The number of aryl methyl sites for hydroxylation is 2. The number of hydrogen-bond donors (Lipinski definition) is 0. The first-order chi connectivity index (χ1) is 11.6. The van der Waals surface area contributed by atoms with Gasteiger partial charge in [-0.15, -0.1) is 0 Å². The lowest BCUT2D eigenvalue weighted by molar-refractivity contribution is 0.0526. The highest BCUT2D eigenvalue weighted by Crippen LogP contribution is 2.27. The summed E-state index contributed by atoms with van der Waals surface area (Å²) >= 11 is 0. The number of esters is 1. The summed E-state index contributed by atoms with van der Waals surface area (Å²) in [6.07, 6.45) is 1.45. The van der Waals surface area contributed by atoms with E-state index in [9.17, 15) is 10.1 Å². The van der Waals surface area contributed by atoms with Crippen molar-refractivity contribution >= 4 is 11.6 Å². The van der Waals surface area contributed by atoms with E-state index in [0.29, 0.717) is 28.2 Å². The van der Waals surface area contributed by atoms with Gasteiger partial charge in [0.2, 0.25) is 0 Å². The summed E-state index contributed by atoms with van der Waals surface area (Å²) in [5.41, 5.74) is 4.21. The number of nitrogens with zero attached hydrogens (tertiary/aromatic N) is 4. The molecule has 0 aliphatic rings. The number of carbonyl (C=O) groups excluding carboxylic acids is 1. The Hall–Kier alpha value is -3.20. The molecule has 0 spiro atoms. The lowest BCUT2D eigenvalue weighted by atomic mass is 10.1. The van der Waals surface area contributed by atoms with Crippen LogP contribution in [0.1, 0.15) is 34.1 Å². The molecule has 2 aromatic heterocycles. The fourth-order valence-corrected chi connectivity index (χ4v) is 2.57. The van der Waals surface area contributed by atoms with Gasteiger partial charge in [-0.1, -0.05) is 29.8 Å². The topological polar surface area (TPSA) is 80.3 Å². The first-order valence-corrected chi connectivity index (χ1v) is 7.59. The van der Waals surface area contributed by atoms with Crippen molar-refractivity contribution in [3.05, 3.63) is 52.8 Å². The molecule has 0 aliphatic heterocycles. The summed E-state index contributed by atoms with van der Waals surface area (Å²) in [5, 5.41) is 13.7. The SMILES string of the molecule is CCOC(=O)c1cnc2c(C#N)c(C)nn2c1-c1ccc(C)cc1. The van der Waals surface area contributed by atoms with Crippen molar-refractivity contribution in [2.24, 2.45) is 0 Å². The molecule has 0 fully saturated rings. The molecule has 2 heterocycles. The number of carbonyl (C=O) groups is 1. The Kier molecular flexibility index (Phi) is 4.00. The van der Waals surface area contributed by atoms with E-state index in [-0.39, 0.29) is 6.61 Å². The van der Waals surface area contributed by atoms with Crippen LogP contribution in [0.4, 0.5) is 0 Å². The zero-order valence-electron chi connectivity index (χ0n) is 13.7. The fourth-order valence-electron chi connectivity index (χ4n) is 2.57. The van der Waals surface area contributed by atoms with Gasteiger partial charge < -0.3 is 4.74 Å². The van der Waals surface area contributed by atoms with Gasteiger partial charge >= 0.3 is 5.97 Å². The van der Waals surface area contributed by atoms with Gasteiger partial charge in [-0.25, -0.2) is 14.3 Å². The van der Waals surface area contributed by atoms with Crippen molar-refractivity contribution in [2.45, 2.75) is 20.8 Å². The van der Waals surface area contributed by atoms with E-state index < -0.39 is 5.97 Å². The van der Waals surface area contributed by atoms with Crippen molar-refractivity contribution in [1.29, 1.82) is 5.26 Å². The van der Waals surface area contributed by atoms with Crippen LogP contribution in [0.15, 0.2) is 30.5 Å². The maximum atomic E-state index is 12.3. The molecule has 0 N–H and O–H groups in total. The Balaban J connectivity index is 2.36. The monoisotopic (exact) mass is 320 g/mol. The highest BCUT2D eigenvalue weighted by molar-refractivity contribution is 5.96. The van der Waals surface area contributed by atoms with Crippen molar-refractivity contribution in [3.63, 3.8) is 0 Å². The van der Waals surface area contributed by atoms with Crippen LogP contribution in [-0.4, -0.2) is 27.2 Å². The van der Waals surface area contributed by atoms with Gasteiger partial charge in [-0.05, 0) is 20.8 Å². The third-order valence-electron chi connectivity index (χ3n) is 3.75. The van der Waals surface area contributed by atoms with E-state index >= 15 is 0 Å². The highest BCUT2D eigenvalue weighted by atomic mass is 16.5. The molecule has 24 heavy (non-hydrogen) atoms. The average Bonchev–Trinajstić information content (AvgIpc) is 2.90. The zero-order valence-corrected chi connectivity index (χ0v) is 13.7. The van der Waals surface area contributed by atoms with Crippen LogP contribution in [0.2, 0.25) is 0 Å². The van der Waals surface area contributed by atoms with Crippen molar-refractivity contribution in [3.8, 4) is 17.3 Å². The summed E-state index contributed by atoms with van der Waals surface area (Å²) in [6, 6.07) is 9.86. The standard InChI is InChI=1S/C18H16N4O2/c1-4-24-18(23)15-10-20-17-14(9-19)12(3)21-22(17)16(15)13-7-5-11(2)6-8-13/h5-8,10H,4H2,1-3H3. The number of fused-ring (bicyclic) bond motifs is 1. The summed E-state index contributed by atoms with van der Waals surface area (Å²) < 4.78 is 6.69. The van der Waals surface area contributed by atoms with Crippen molar-refractivity contribution < 1.29 is 9.53 Å². The Morgan fingerprint density at radius 3 is 2.62 bits per heavy atom. The molecule has 0 saturated carbocycles. The maximum Gasteiger partial charge on any atom is 0.341 e. The molecule has 0 unspecified atom stereocenters. The minimum atomic E-state index is -0.464. The minimum absolute atomic E-state index is 0.270. The van der Waals surface area contributed by atoms with E-state index in [2.05, 4.69) is 16.2 Å². The predicted molar refractivity (Wildman–Crippen MR) is 88.6 cm³/mol. The second kappa shape index (κ2) is 6.13. The molecule has 120 valence electrons. The summed E-state index contributed by atoms with van der Waals surface area (Å²) in [6.45, 7) is 5.76. The summed E-state index contributed by atoms with van der Waals surface area (Å²) in [4.78, 5) is 16.6. The predicted octanol–water partition coefficient (Wildman–Crippen LogP) is 3.06. The molecule has 3 aromatic rings. The van der Waals surface area contributed by atoms with E-state index in [0.717, 1.165) is 11.1 Å². The Labute approximate surface area is 139 Å². The minimum Gasteiger partial charge on any atom is -0.462 e. The third kappa shape index (κ3) is 2.50. The number of ether oxygens (including phenoxy) is 1. The average molecular weight is 320 g/mol. The van der Waals surface area contributed by atoms with E-state index in [1.54, 1.807) is 18.4 Å². The maximum absolute atomic E-state index is 12.3. The molecular weight excluding hydrogens is 304 g/mol. The number of hydrogen-bond acceptors (Lipinski definition) is 5. The van der Waals surface area contributed by atoms with Gasteiger partial charge in [-0.3, -0.25) is 0 Å². The molecular formula is C18H16N4O2. The largest absolute Gasteiger partial charge is 0.462 e. The van der Waals surface area contributed by atoms with Gasteiger partial charge in [0.25, 0.3) is 0 Å². The van der Waals surface area contributed by atoms with E-state index in [4.69, 9.17) is 4.74 Å². The van der Waals surface area contributed by atoms with Crippen LogP contribution < -0.4 is 0 Å². The van der Waals surface area contributed by atoms with E-state index in [1.165, 1.54) is 6.20 Å². The molecule has 0 radical (unpaired) electrons. The molecule has 1 aromatic carbocycles. The number of aromatic nitrogens is 3. The lowest BCUT2D eigenvalue weighted by Gasteiger charge is -2.11. The van der Waals surface area contributed by atoms with Crippen LogP contribution in [0.3, 0.4) is 0 Å². The molecule has 3 rings (SSSR count). The number of rotatable bonds is 3. The van der Waals surface area contributed by atoms with Gasteiger partial charge in [0.05, 0.1) is 18.0 Å². The van der Waals surface area contributed by atoms with Crippen LogP contribution in [0.25, 0.3) is 16.9 Å². The lowest BCUT2D eigenvalue weighted by Crippen LogP contribution is -2.11. The second-order valence-corrected chi connectivity index (χ2v) is 5.41. The second-order valence-electron chi connectivity index (χ2n) is 5.41. The molecule has 0 saturated heterocycles. The van der Waals surface area contributed by atoms with Crippen molar-refractivity contribution in [1.82, 2.24) is 14.6 Å². The molecule has 0 atom stereocenters. The molecule has 0 bridgehead atoms. The number of nitriles is 1. The first-order valence-electron chi connectivity index (χ1n) is 7.59. The quantitative estimate of drug-likeness (QED) is 0.693. The van der Waals surface area contributed by atoms with Crippen LogP contribution >= 0.6 is 0 Å². The summed E-state index contributed by atoms with van der Waals surface area (Å²) in [7, 11) is 0. The third-order valence-corrected chi connectivity index (χ3v) is 3.75. The van der Waals surface area contributed by atoms with Gasteiger partial charge in [0, 0.05) is 11.8 Å². The van der Waals surface area contributed by atoms with Gasteiger partial charge in [0.1, 0.15) is 17.2 Å². The van der Waals surface area contributed by atoms with Gasteiger partial charge in [-0.2, -0.15) is 10.4 Å². The van der Waals surface area contributed by atoms with Crippen molar-refractivity contribution in [2.75, 3.05) is 6.61 Å². The zero-order chi connectivity index (χ0) is 17.3. The van der Waals surface area contributed by atoms with Crippen LogP contribution in [-0.2, 0) is 4.74 Å². The first kappa shape index (κ1) is 15.7. The fraction of sp³-hybridized carbons (Fsp3) is 0.222. The molecule has 6 nitrogen and oxygen atoms in total.